The van der Waals surface area contributed by atoms with Crippen LogP contribution in [0.25, 0.3) is 10.9 Å². The molecule has 1 spiro atoms. The molecule has 2 aliphatic rings. The highest BCUT2D eigenvalue weighted by atomic mass is 35.5. The van der Waals surface area contributed by atoms with Crippen LogP contribution in [-0.4, -0.2) is 38.9 Å². The van der Waals surface area contributed by atoms with Crippen LogP contribution in [0, 0.1) is 0 Å². The molecule has 0 bridgehead atoms. The van der Waals surface area contributed by atoms with Gasteiger partial charge in [0.1, 0.15) is 5.54 Å². The van der Waals surface area contributed by atoms with Gasteiger partial charge in [0, 0.05) is 22.4 Å². The molecular formula is C16H14ClN3O2S. The summed E-state index contributed by atoms with van der Waals surface area (Å²) in [5.74, 6) is 1.41. The van der Waals surface area contributed by atoms with Gasteiger partial charge in [0.05, 0.1) is 12.1 Å². The van der Waals surface area contributed by atoms with Gasteiger partial charge in [0.2, 0.25) is 0 Å². The summed E-state index contributed by atoms with van der Waals surface area (Å²) in [6, 6.07) is 6.98. The summed E-state index contributed by atoms with van der Waals surface area (Å²) in [5, 5.41) is 4.31. The van der Waals surface area contributed by atoms with E-state index in [0.29, 0.717) is 17.2 Å². The van der Waals surface area contributed by atoms with Gasteiger partial charge >= 0.3 is 6.03 Å². The summed E-state index contributed by atoms with van der Waals surface area (Å²) in [7, 11) is 0. The number of carbonyl (C=O) groups is 2. The Balaban J connectivity index is 1.70. The van der Waals surface area contributed by atoms with Crippen LogP contribution in [-0.2, 0) is 11.3 Å². The Morgan fingerprint density at radius 1 is 1.35 bits per heavy atom. The number of aromatic nitrogens is 1. The van der Waals surface area contributed by atoms with Crippen LogP contribution in [0.2, 0.25) is 5.02 Å². The highest BCUT2D eigenvalue weighted by molar-refractivity contribution is 7.99. The molecule has 1 aromatic carbocycles. The fourth-order valence-electron chi connectivity index (χ4n) is 3.15. The Kier molecular flexibility index (Phi) is 3.46. The number of amides is 3. The Hall–Kier alpha value is -1.79. The molecular weight excluding hydrogens is 334 g/mol. The standard InChI is InChI=1S/C16H14ClN3O2S/c17-12-4-3-10(13-11(12)2-1-6-18-13)8-20-14(21)16(19-15(20)22)5-7-23-9-16/h1-4,6H,5,7-9H2,(H,19,22)/t16-/m0/s1. The summed E-state index contributed by atoms with van der Waals surface area (Å²) in [6.07, 6.45) is 2.38. The van der Waals surface area contributed by atoms with Crippen molar-refractivity contribution < 1.29 is 9.59 Å². The number of rotatable bonds is 2. The quantitative estimate of drug-likeness (QED) is 0.848. The van der Waals surface area contributed by atoms with Gasteiger partial charge in [0.15, 0.2) is 0 Å². The Bertz CT molecular complexity index is 820. The maximum absolute atomic E-state index is 12.7. The van der Waals surface area contributed by atoms with Crippen molar-refractivity contribution in [1.29, 1.82) is 0 Å². The summed E-state index contributed by atoms with van der Waals surface area (Å²) in [6.45, 7) is 0.210. The van der Waals surface area contributed by atoms with E-state index in [9.17, 15) is 9.59 Å². The number of hydrogen-bond acceptors (Lipinski definition) is 4. The van der Waals surface area contributed by atoms with Crippen molar-refractivity contribution in [1.82, 2.24) is 15.2 Å². The first kappa shape index (κ1) is 14.8. The van der Waals surface area contributed by atoms with E-state index in [2.05, 4.69) is 10.3 Å². The van der Waals surface area contributed by atoms with E-state index >= 15 is 0 Å². The van der Waals surface area contributed by atoms with E-state index in [4.69, 9.17) is 11.6 Å². The third kappa shape index (κ3) is 2.28. The van der Waals surface area contributed by atoms with Crippen LogP contribution in [0.4, 0.5) is 4.79 Å². The fraction of sp³-hybridized carbons (Fsp3) is 0.312. The summed E-state index contributed by atoms with van der Waals surface area (Å²) in [5.41, 5.74) is 0.829. The molecule has 23 heavy (non-hydrogen) atoms. The average Bonchev–Trinajstić information content (AvgIpc) is 3.11. The first-order chi connectivity index (χ1) is 11.1. The molecule has 0 unspecified atom stereocenters. The third-order valence-corrected chi connectivity index (χ3v) is 5.92. The molecule has 4 rings (SSSR count). The Labute approximate surface area is 142 Å². The molecule has 1 N–H and O–H groups in total. The second-order valence-electron chi connectivity index (χ2n) is 5.81. The number of thioether (sulfide) groups is 1. The normalized spacial score (nSPS) is 24.0. The number of fused-ring (bicyclic) bond motifs is 1. The third-order valence-electron chi connectivity index (χ3n) is 4.40. The lowest BCUT2D eigenvalue weighted by Crippen LogP contribution is -2.46. The van der Waals surface area contributed by atoms with E-state index in [-0.39, 0.29) is 18.5 Å². The predicted octanol–water partition coefficient (Wildman–Crippen LogP) is 2.82. The fourth-order valence-corrected chi connectivity index (χ4v) is 4.69. The Morgan fingerprint density at radius 2 is 2.22 bits per heavy atom. The van der Waals surface area contributed by atoms with Crippen molar-refractivity contribution in [3.05, 3.63) is 41.0 Å². The molecule has 1 atom stereocenters. The number of nitrogens with one attached hydrogen (secondary N) is 1. The van der Waals surface area contributed by atoms with Crippen molar-refractivity contribution in [2.45, 2.75) is 18.5 Å². The van der Waals surface area contributed by atoms with Crippen molar-refractivity contribution in [2.75, 3.05) is 11.5 Å². The molecule has 5 nitrogen and oxygen atoms in total. The van der Waals surface area contributed by atoms with Crippen LogP contribution in [0.5, 0.6) is 0 Å². The van der Waals surface area contributed by atoms with Gasteiger partial charge in [-0.15, -0.1) is 0 Å². The summed E-state index contributed by atoms with van der Waals surface area (Å²) < 4.78 is 0. The molecule has 118 valence electrons. The zero-order valence-electron chi connectivity index (χ0n) is 12.2. The number of pyridine rings is 1. The number of hydrogen-bond donors (Lipinski definition) is 1. The van der Waals surface area contributed by atoms with E-state index in [1.165, 1.54) is 4.90 Å². The van der Waals surface area contributed by atoms with Gasteiger partial charge in [0.25, 0.3) is 5.91 Å². The molecule has 0 saturated carbocycles. The second kappa shape index (κ2) is 5.39. The zero-order chi connectivity index (χ0) is 16.0. The first-order valence-corrected chi connectivity index (χ1v) is 8.88. The number of carbonyl (C=O) groups excluding carboxylic acids is 2. The molecule has 7 heteroatoms. The van der Waals surface area contributed by atoms with E-state index in [0.717, 1.165) is 22.2 Å². The molecule has 0 radical (unpaired) electrons. The van der Waals surface area contributed by atoms with Gasteiger partial charge in [-0.1, -0.05) is 17.7 Å². The summed E-state index contributed by atoms with van der Waals surface area (Å²) >= 11 is 7.90. The Morgan fingerprint density at radius 3 is 3.00 bits per heavy atom. The number of nitrogens with zero attached hydrogens (tertiary/aromatic N) is 2. The largest absolute Gasteiger partial charge is 0.325 e. The molecule has 1 aromatic heterocycles. The van der Waals surface area contributed by atoms with Crippen LogP contribution < -0.4 is 5.32 Å². The molecule has 3 amide bonds. The monoisotopic (exact) mass is 347 g/mol. The predicted molar refractivity (Wildman–Crippen MR) is 90.5 cm³/mol. The number of benzene rings is 1. The van der Waals surface area contributed by atoms with Crippen molar-refractivity contribution >= 4 is 46.2 Å². The molecule has 3 heterocycles. The lowest BCUT2D eigenvalue weighted by Gasteiger charge is -2.19. The topological polar surface area (TPSA) is 62.3 Å². The minimum Gasteiger partial charge on any atom is -0.322 e. The van der Waals surface area contributed by atoms with Crippen LogP contribution in [0.1, 0.15) is 12.0 Å². The van der Waals surface area contributed by atoms with Gasteiger partial charge in [-0.25, -0.2) is 4.79 Å². The van der Waals surface area contributed by atoms with Crippen LogP contribution in [0.15, 0.2) is 30.5 Å². The minimum atomic E-state index is -0.711. The van der Waals surface area contributed by atoms with E-state index in [1.54, 1.807) is 24.0 Å². The SMILES string of the molecule is O=C1N[C@]2(CCSC2)C(=O)N1Cc1ccc(Cl)c2cccnc12. The smallest absolute Gasteiger partial charge is 0.322 e. The molecule has 2 aromatic rings. The van der Waals surface area contributed by atoms with E-state index in [1.807, 2.05) is 18.2 Å². The molecule has 2 saturated heterocycles. The second-order valence-corrected chi connectivity index (χ2v) is 7.32. The lowest BCUT2D eigenvalue weighted by molar-refractivity contribution is -0.130. The highest BCUT2D eigenvalue weighted by Crippen LogP contribution is 2.34. The highest BCUT2D eigenvalue weighted by Gasteiger charge is 2.52. The number of halogens is 1. The minimum absolute atomic E-state index is 0.133. The van der Waals surface area contributed by atoms with Crippen molar-refractivity contribution in [3.8, 4) is 0 Å². The number of imide groups is 1. The average molecular weight is 348 g/mol. The van der Waals surface area contributed by atoms with Gasteiger partial charge in [-0.3, -0.25) is 14.7 Å². The van der Waals surface area contributed by atoms with Crippen LogP contribution >= 0.6 is 23.4 Å². The summed E-state index contributed by atoms with van der Waals surface area (Å²) in [4.78, 5) is 30.7. The van der Waals surface area contributed by atoms with Crippen molar-refractivity contribution in [3.63, 3.8) is 0 Å². The van der Waals surface area contributed by atoms with Gasteiger partial charge in [-0.2, -0.15) is 11.8 Å². The lowest BCUT2D eigenvalue weighted by atomic mass is 9.99. The number of urea groups is 1. The van der Waals surface area contributed by atoms with Gasteiger partial charge in [-0.05, 0) is 35.9 Å². The van der Waals surface area contributed by atoms with E-state index < -0.39 is 5.54 Å². The molecule has 2 aliphatic heterocycles. The molecule has 0 aliphatic carbocycles. The zero-order valence-corrected chi connectivity index (χ0v) is 13.8. The molecule has 2 fully saturated rings. The van der Waals surface area contributed by atoms with Crippen LogP contribution in [0.3, 0.4) is 0 Å². The maximum atomic E-state index is 12.7. The van der Waals surface area contributed by atoms with Crippen molar-refractivity contribution in [2.24, 2.45) is 0 Å². The first-order valence-electron chi connectivity index (χ1n) is 7.35. The van der Waals surface area contributed by atoms with Gasteiger partial charge < -0.3 is 5.32 Å². The maximum Gasteiger partial charge on any atom is 0.325 e.